The van der Waals surface area contributed by atoms with E-state index < -0.39 is 0 Å². The van der Waals surface area contributed by atoms with Gasteiger partial charge in [0.05, 0.1) is 5.56 Å². The SMILES string of the molecule is CNc1ncc(C(=O)N2CCCC3(CCC(=O)N(CCN(C)C)C3)C2)cn1. The van der Waals surface area contributed by atoms with Crippen molar-refractivity contribution in [3.05, 3.63) is 18.0 Å². The summed E-state index contributed by atoms with van der Waals surface area (Å²) in [5.41, 5.74) is 0.530. The van der Waals surface area contributed by atoms with Crippen LogP contribution < -0.4 is 5.32 Å². The molecule has 0 aromatic carbocycles. The molecule has 0 radical (unpaired) electrons. The molecule has 8 nitrogen and oxygen atoms in total. The van der Waals surface area contributed by atoms with Crippen LogP contribution in [0.3, 0.4) is 0 Å². The van der Waals surface area contributed by atoms with Crippen LogP contribution in [-0.2, 0) is 4.79 Å². The standard InChI is InChI=1S/C19H30N6O2/c1-20-18-21-11-15(12-22-18)17(27)25-8-4-6-19(14-25)7-5-16(26)24(13-19)10-9-23(2)3/h11-12H,4-10,13-14H2,1-3H3,(H,20,21,22). The molecule has 0 aliphatic carbocycles. The second-order valence-electron chi connectivity index (χ2n) is 7.99. The minimum Gasteiger partial charge on any atom is -0.357 e. The molecule has 1 aromatic rings. The average Bonchev–Trinajstić information content (AvgIpc) is 2.68. The minimum atomic E-state index is -0.0199. The van der Waals surface area contributed by atoms with E-state index in [9.17, 15) is 9.59 Å². The lowest BCUT2D eigenvalue weighted by molar-refractivity contribution is -0.139. The molecule has 3 heterocycles. The van der Waals surface area contributed by atoms with Crippen molar-refractivity contribution in [1.29, 1.82) is 0 Å². The van der Waals surface area contributed by atoms with E-state index in [-0.39, 0.29) is 17.2 Å². The van der Waals surface area contributed by atoms with E-state index in [4.69, 9.17) is 0 Å². The number of hydrogen-bond donors (Lipinski definition) is 1. The fraction of sp³-hybridized carbons (Fsp3) is 0.684. The summed E-state index contributed by atoms with van der Waals surface area (Å²) < 4.78 is 0. The molecule has 0 saturated carbocycles. The van der Waals surface area contributed by atoms with E-state index in [2.05, 4.69) is 20.2 Å². The van der Waals surface area contributed by atoms with E-state index in [1.165, 1.54) is 0 Å². The Bertz CT molecular complexity index is 677. The molecule has 2 aliphatic rings. The number of carbonyl (C=O) groups excluding carboxylic acids is 2. The van der Waals surface area contributed by atoms with Crippen LogP contribution in [0.15, 0.2) is 12.4 Å². The zero-order valence-electron chi connectivity index (χ0n) is 16.6. The highest BCUT2D eigenvalue weighted by atomic mass is 16.2. The summed E-state index contributed by atoms with van der Waals surface area (Å²) in [7, 11) is 5.79. The van der Waals surface area contributed by atoms with Gasteiger partial charge in [0.15, 0.2) is 0 Å². The van der Waals surface area contributed by atoms with Crippen molar-refractivity contribution in [2.24, 2.45) is 5.41 Å². The molecule has 3 rings (SSSR count). The average molecular weight is 374 g/mol. The number of anilines is 1. The van der Waals surface area contributed by atoms with E-state index in [0.29, 0.717) is 24.5 Å². The van der Waals surface area contributed by atoms with Gasteiger partial charge in [0.25, 0.3) is 5.91 Å². The summed E-state index contributed by atoms with van der Waals surface area (Å²) in [6.07, 6.45) is 6.64. The van der Waals surface area contributed by atoms with Gasteiger partial charge in [-0.2, -0.15) is 0 Å². The third-order valence-corrected chi connectivity index (χ3v) is 5.64. The molecule has 1 spiro atoms. The Kier molecular flexibility index (Phi) is 5.94. The first kappa shape index (κ1) is 19.5. The van der Waals surface area contributed by atoms with Crippen LogP contribution >= 0.6 is 0 Å². The first-order valence-corrected chi connectivity index (χ1v) is 9.64. The molecule has 1 aromatic heterocycles. The zero-order valence-corrected chi connectivity index (χ0v) is 16.6. The molecule has 1 atom stereocenters. The van der Waals surface area contributed by atoms with Crippen molar-refractivity contribution in [2.75, 3.05) is 59.2 Å². The molecule has 8 heteroatoms. The second-order valence-corrected chi connectivity index (χ2v) is 7.99. The largest absolute Gasteiger partial charge is 0.357 e. The molecule has 27 heavy (non-hydrogen) atoms. The van der Waals surface area contributed by atoms with Crippen LogP contribution in [0.2, 0.25) is 0 Å². The van der Waals surface area contributed by atoms with Crippen LogP contribution in [0.5, 0.6) is 0 Å². The summed E-state index contributed by atoms with van der Waals surface area (Å²) in [6, 6.07) is 0. The molecule has 2 fully saturated rings. The number of nitrogens with zero attached hydrogens (tertiary/aromatic N) is 5. The lowest BCUT2D eigenvalue weighted by Gasteiger charge is -2.48. The Morgan fingerprint density at radius 2 is 2.00 bits per heavy atom. The van der Waals surface area contributed by atoms with Gasteiger partial charge >= 0.3 is 0 Å². The highest BCUT2D eigenvalue weighted by Crippen LogP contribution is 2.39. The Labute approximate surface area is 160 Å². The smallest absolute Gasteiger partial charge is 0.257 e. The second kappa shape index (κ2) is 8.21. The van der Waals surface area contributed by atoms with E-state index in [0.717, 1.165) is 45.4 Å². The van der Waals surface area contributed by atoms with E-state index in [1.807, 2.05) is 23.9 Å². The summed E-state index contributed by atoms with van der Waals surface area (Å²) >= 11 is 0. The molecule has 2 saturated heterocycles. The summed E-state index contributed by atoms with van der Waals surface area (Å²) in [5, 5.41) is 2.86. The number of aromatic nitrogens is 2. The van der Waals surface area contributed by atoms with Gasteiger partial charge in [-0.05, 0) is 33.4 Å². The Morgan fingerprint density at radius 3 is 2.67 bits per heavy atom. The molecule has 2 amide bonds. The number of hydrogen-bond acceptors (Lipinski definition) is 6. The number of piperidine rings is 2. The zero-order chi connectivity index (χ0) is 19.4. The highest BCUT2D eigenvalue weighted by Gasteiger charge is 2.42. The third-order valence-electron chi connectivity index (χ3n) is 5.64. The lowest BCUT2D eigenvalue weighted by Crippen LogP contribution is -2.55. The summed E-state index contributed by atoms with van der Waals surface area (Å²) in [6.45, 7) is 3.81. The molecular weight excluding hydrogens is 344 g/mol. The summed E-state index contributed by atoms with van der Waals surface area (Å²) in [5.74, 6) is 0.722. The molecule has 0 bridgehead atoms. The Hall–Kier alpha value is -2.22. The van der Waals surface area contributed by atoms with Crippen LogP contribution in [0.25, 0.3) is 0 Å². The number of nitrogens with one attached hydrogen (secondary N) is 1. The lowest BCUT2D eigenvalue weighted by atomic mass is 9.73. The highest BCUT2D eigenvalue weighted by molar-refractivity contribution is 5.93. The predicted molar refractivity (Wildman–Crippen MR) is 104 cm³/mol. The van der Waals surface area contributed by atoms with Crippen molar-refractivity contribution in [3.8, 4) is 0 Å². The molecule has 148 valence electrons. The van der Waals surface area contributed by atoms with E-state index in [1.54, 1.807) is 19.4 Å². The summed E-state index contributed by atoms with van der Waals surface area (Å²) in [4.78, 5) is 39.6. The number of rotatable bonds is 5. The van der Waals surface area contributed by atoms with Gasteiger partial charge in [-0.1, -0.05) is 0 Å². The number of amides is 2. The van der Waals surface area contributed by atoms with Gasteiger partial charge in [-0.15, -0.1) is 0 Å². The molecule has 1 unspecified atom stereocenters. The molecular formula is C19H30N6O2. The van der Waals surface area contributed by atoms with Gasteiger partial charge in [0, 0.05) is 64.0 Å². The number of carbonyl (C=O) groups is 2. The van der Waals surface area contributed by atoms with Crippen molar-refractivity contribution in [2.45, 2.75) is 25.7 Å². The predicted octanol–water partition coefficient (Wildman–Crippen LogP) is 0.925. The van der Waals surface area contributed by atoms with Gasteiger partial charge in [-0.3, -0.25) is 9.59 Å². The number of likely N-dealkylation sites (tertiary alicyclic amines) is 2. The first-order valence-electron chi connectivity index (χ1n) is 9.64. The van der Waals surface area contributed by atoms with Crippen molar-refractivity contribution < 1.29 is 9.59 Å². The van der Waals surface area contributed by atoms with Crippen LogP contribution in [0.1, 0.15) is 36.0 Å². The van der Waals surface area contributed by atoms with Gasteiger partial charge in [0.1, 0.15) is 0 Å². The normalized spacial score (nSPS) is 23.2. The fourth-order valence-corrected chi connectivity index (χ4v) is 4.09. The maximum atomic E-state index is 12.9. The van der Waals surface area contributed by atoms with Crippen LogP contribution in [0.4, 0.5) is 5.95 Å². The van der Waals surface area contributed by atoms with Crippen LogP contribution in [0, 0.1) is 5.41 Å². The van der Waals surface area contributed by atoms with E-state index >= 15 is 0 Å². The number of likely N-dealkylation sites (N-methyl/N-ethyl adjacent to an activating group) is 1. The monoisotopic (exact) mass is 374 g/mol. The fourth-order valence-electron chi connectivity index (χ4n) is 4.09. The Balaban J connectivity index is 1.68. The first-order chi connectivity index (χ1) is 12.9. The minimum absolute atomic E-state index is 0.0138. The van der Waals surface area contributed by atoms with Gasteiger partial charge in [0.2, 0.25) is 11.9 Å². The topological polar surface area (TPSA) is 81.7 Å². The van der Waals surface area contributed by atoms with Crippen LogP contribution in [-0.4, -0.2) is 90.3 Å². The maximum Gasteiger partial charge on any atom is 0.257 e. The molecule has 2 aliphatic heterocycles. The van der Waals surface area contributed by atoms with Crippen molar-refractivity contribution in [3.63, 3.8) is 0 Å². The molecule has 1 N–H and O–H groups in total. The van der Waals surface area contributed by atoms with Crippen molar-refractivity contribution >= 4 is 17.8 Å². The Morgan fingerprint density at radius 1 is 1.26 bits per heavy atom. The quantitative estimate of drug-likeness (QED) is 0.826. The van der Waals surface area contributed by atoms with Gasteiger partial charge < -0.3 is 20.0 Å². The maximum absolute atomic E-state index is 12.9. The van der Waals surface area contributed by atoms with Gasteiger partial charge in [-0.25, -0.2) is 9.97 Å². The third kappa shape index (κ3) is 4.55. The van der Waals surface area contributed by atoms with Crippen molar-refractivity contribution in [1.82, 2.24) is 24.7 Å².